The molecule has 138 valence electrons. The Morgan fingerprint density at radius 1 is 1.31 bits per heavy atom. The standard InChI is InChI=1S/C18H24N6O2/c1-23(2)18(26)24-10-6-9-14(12-24)17(25)19-11-15-20-16(22-21-15)13-7-4-3-5-8-13/h3-5,7-8,14H,6,9-12H2,1-2H3,(H,19,25)(H,20,21,22)/t14-/m1/s1. The predicted octanol–water partition coefficient (Wildman–Crippen LogP) is 1.48. The van der Waals surface area contributed by atoms with Gasteiger partial charge in [0.2, 0.25) is 5.91 Å². The number of amides is 3. The molecule has 26 heavy (non-hydrogen) atoms. The van der Waals surface area contributed by atoms with Crippen LogP contribution in [-0.2, 0) is 11.3 Å². The summed E-state index contributed by atoms with van der Waals surface area (Å²) in [5.74, 6) is 0.965. The van der Waals surface area contributed by atoms with Crippen molar-refractivity contribution < 1.29 is 9.59 Å². The van der Waals surface area contributed by atoms with Gasteiger partial charge < -0.3 is 15.1 Å². The molecule has 0 bridgehead atoms. The third-order valence-corrected chi connectivity index (χ3v) is 4.44. The molecule has 0 aliphatic carbocycles. The number of nitrogens with one attached hydrogen (secondary N) is 2. The maximum Gasteiger partial charge on any atom is 0.319 e. The molecule has 3 amide bonds. The first-order valence-corrected chi connectivity index (χ1v) is 8.75. The number of aromatic amines is 1. The lowest BCUT2D eigenvalue weighted by atomic mass is 9.97. The minimum Gasteiger partial charge on any atom is -0.349 e. The van der Waals surface area contributed by atoms with Gasteiger partial charge >= 0.3 is 6.03 Å². The van der Waals surface area contributed by atoms with E-state index in [0.717, 1.165) is 18.4 Å². The van der Waals surface area contributed by atoms with Crippen LogP contribution in [0.2, 0.25) is 0 Å². The molecule has 8 heteroatoms. The summed E-state index contributed by atoms with van der Waals surface area (Å²) in [7, 11) is 3.44. The predicted molar refractivity (Wildman–Crippen MR) is 97.0 cm³/mol. The van der Waals surface area contributed by atoms with Crippen molar-refractivity contribution in [3.63, 3.8) is 0 Å². The number of urea groups is 1. The SMILES string of the molecule is CN(C)C(=O)N1CCC[C@@H](C(=O)NCc2nc(-c3ccccc3)n[nH]2)C1. The van der Waals surface area contributed by atoms with Crippen LogP contribution in [0.5, 0.6) is 0 Å². The number of H-pyrrole nitrogens is 1. The van der Waals surface area contributed by atoms with Gasteiger partial charge in [0.15, 0.2) is 5.82 Å². The van der Waals surface area contributed by atoms with E-state index in [-0.39, 0.29) is 24.4 Å². The van der Waals surface area contributed by atoms with Gasteiger partial charge in [0.05, 0.1) is 12.5 Å². The molecule has 3 rings (SSSR count). The lowest BCUT2D eigenvalue weighted by Crippen LogP contribution is -2.48. The average molecular weight is 356 g/mol. The molecule has 1 fully saturated rings. The summed E-state index contributed by atoms with van der Waals surface area (Å²) in [6.45, 7) is 1.44. The van der Waals surface area contributed by atoms with Crippen LogP contribution in [0, 0.1) is 5.92 Å². The van der Waals surface area contributed by atoms with Gasteiger partial charge in [-0.15, -0.1) is 0 Å². The molecule has 1 saturated heterocycles. The molecular weight excluding hydrogens is 332 g/mol. The van der Waals surface area contributed by atoms with Gasteiger partial charge in [-0.25, -0.2) is 9.78 Å². The largest absolute Gasteiger partial charge is 0.349 e. The van der Waals surface area contributed by atoms with E-state index in [1.54, 1.807) is 23.9 Å². The zero-order chi connectivity index (χ0) is 18.5. The molecule has 1 aromatic heterocycles. The van der Waals surface area contributed by atoms with E-state index in [1.807, 2.05) is 30.3 Å². The van der Waals surface area contributed by atoms with Crippen LogP contribution >= 0.6 is 0 Å². The van der Waals surface area contributed by atoms with Gasteiger partial charge in [-0.3, -0.25) is 9.89 Å². The molecule has 0 radical (unpaired) electrons. The zero-order valence-electron chi connectivity index (χ0n) is 15.1. The Kier molecular flexibility index (Phi) is 5.50. The van der Waals surface area contributed by atoms with Crippen molar-refractivity contribution in [1.29, 1.82) is 0 Å². The van der Waals surface area contributed by atoms with E-state index >= 15 is 0 Å². The summed E-state index contributed by atoms with van der Waals surface area (Å²) in [6, 6.07) is 9.61. The van der Waals surface area contributed by atoms with Crippen LogP contribution in [0.1, 0.15) is 18.7 Å². The number of nitrogens with zero attached hydrogens (tertiary/aromatic N) is 4. The first-order chi connectivity index (χ1) is 12.5. The van der Waals surface area contributed by atoms with Crippen molar-refractivity contribution in [2.75, 3.05) is 27.2 Å². The number of aromatic nitrogens is 3. The molecule has 8 nitrogen and oxygen atoms in total. The summed E-state index contributed by atoms with van der Waals surface area (Å²) in [5, 5.41) is 9.94. The van der Waals surface area contributed by atoms with E-state index in [2.05, 4.69) is 20.5 Å². The van der Waals surface area contributed by atoms with Crippen molar-refractivity contribution in [1.82, 2.24) is 30.3 Å². The number of piperidine rings is 1. The smallest absolute Gasteiger partial charge is 0.319 e. The van der Waals surface area contributed by atoms with Crippen molar-refractivity contribution in [2.24, 2.45) is 5.92 Å². The highest BCUT2D eigenvalue weighted by molar-refractivity contribution is 5.80. The maximum absolute atomic E-state index is 12.5. The van der Waals surface area contributed by atoms with Gasteiger partial charge in [-0.05, 0) is 12.8 Å². The van der Waals surface area contributed by atoms with Gasteiger partial charge in [0.1, 0.15) is 5.82 Å². The van der Waals surface area contributed by atoms with Crippen molar-refractivity contribution >= 4 is 11.9 Å². The van der Waals surface area contributed by atoms with Gasteiger partial charge in [0, 0.05) is 32.7 Å². The average Bonchev–Trinajstić information content (AvgIpc) is 3.15. The highest BCUT2D eigenvalue weighted by atomic mass is 16.2. The number of likely N-dealkylation sites (tertiary alicyclic amines) is 1. The molecule has 1 aromatic carbocycles. The fourth-order valence-electron chi connectivity index (χ4n) is 3.05. The monoisotopic (exact) mass is 356 g/mol. The number of carbonyl (C=O) groups excluding carboxylic acids is 2. The molecule has 2 N–H and O–H groups in total. The summed E-state index contributed by atoms with van der Waals surface area (Å²) < 4.78 is 0. The fraction of sp³-hybridized carbons (Fsp3) is 0.444. The van der Waals surface area contributed by atoms with E-state index in [4.69, 9.17) is 0 Å². The van der Waals surface area contributed by atoms with Crippen molar-refractivity contribution in [3.8, 4) is 11.4 Å². The first kappa shape index (κ1) is 17.9. The Labute approximate surface area is 152 Å². The molecule has 1 aliphatic heterocycles. The van der Waals surface area contributed by atoms with Crippen LogP contribution in [0.25, 0.3) is 11.4 Å². The van der Waals surface area contributed by atoms with E-state index in [9.17, 15) is 9.59 Å². The number of benzene rings is 1. The summed E-state index contributed by atoms with van der Waals surface area (Å²) in [6.07, 6.45) is 1.62. The third kappa shape index (κ3) is 4.19. The second kappa shape index (κ2) is 7.99. The molecule has 0 spiro atoms. The highest BCUT2D eigenvalue weighted by Crippen LogP contribution is 2.18. The minimum absolute atomic E-state index is 0.0507. The van der Waals surface area contributed by atoms with Gasteiger partial charge in [-0.2, -0.15) is 5.10 Å². The van der Waals surface area contributed by atoms with Crippen molar-refractivity contribution in [2.45, 2.75) is 19.4 Å². The summed E-state index contributed by atoms with van der Waals surface area (Å²) in [4.78, 5) is 32.2. The second-order valence-electron chi connectivity index (χ2n) is 6.65. The van der Waals surface area contributed by atoms with Crippen molar-refractivity contribution in [3.05, 3.63) is 36.2 Å². The Morgan fingerprint density at radius 2 is 2.08 bits per heavy atom. The molecule has 1 atom stereocenters. The summed E-state index contributed by atoms with van der Waals surface area (Å²) in [5.41, 5.74) is 0.923. The Balaban J connectivity index is 1.54. The molecule has 2 heterocycles. The minimum atomic E-state index is -0.191. The van der Waals surface area contributed by atoms with Crippen LogP contribution in [0.4, 0.5) is 4.79 Å². The lowest BCUT2D eigenvalue weighted by Gasteiger charge is -2.33. The van der Waals surface area contributed by atoms with E-state index < -0.39 is 0 Å². The fourth-order valence-corrected chi connectivity index (χ4v) is 3.05. The van der Waals surface area contributed by atoms with Crippen LogP contribution in [0.15, 0.2) is 30.3 Å². The normalized spacial score (nSPS) is 17.0. The first-order valence-electron chi connectivity index (χ1n) is 8.75. The molecule has 2 aromatic rings. The number of carbonyl (C=O) groups is 2. The number of hydrogen-bond donors (Lipinski definition) is 2. The molecular formula is C18H24N6O2. The van der Waals surface area contributed by atoms with Gasteiger partial charge in [0.25, 0.3) is 0 Å². The third-order valence-electron chi connectivity index (χ3n) is 4.44. The number of hydrogen-bond acceptors (Lipinski definition) is 4. The van der Waals surface area contributed by atoms with E-state index in [1.165, 1.54) is 0 Å². The topological polar surface area (TPSA) is 94.2 Å². The molecule has 0 unspecified atom stereocenters. The highest BCUT2D eigenvalue weighted by Gasteiger charge is 2.29. The molecule has 1 aliphatic rings. The maximum atomic E-state index is 12.5. The Morgan fingerprint density at radius 3 is 2.81 bits per heavy atom. The van der Waals surface area contributed by atoms with E-state index in [0.29, 0.717) is 24.7 Å². The lowest BCUT2D eigenvalue weighted by molar-refractivity contribution is -0.126. The second-order valence-corrected chi connectivity index (χ2v) is 6.65. The Bertz CT molecular complexity index is 758. The summed E-state index contributed by atoms with van der Waals surface area (Å²) >= 11 is 0. The zero-order valence-corrected chi connectivity index (χ0v) is 15.1. The number of rotatable bonds is 4. The Hall–Kier alpha value is -2.90. The van der Waals surface area contributed by atoms with Crippen LogP contribution < -0.4 is 5.32 Å². The quantitative estimate of drug-likeness (QED) is 0.868. The van der Waals surface area contributed by atoms with Crippen LogP contribution in [0.3, 0.4) is 0 Å². The van der Waals surface area contributed by atoms with Gasteiger partial charge in [-0.1, -0.05) is 30.3 Å². The van der Waals surface area contributed by atoms with Crippen LogP contribution in [-0.4, -0.2) is 64.1 Å². The molecule has 0 saturated carbocycles.